The Morgan fingerprint density at radius 3 is 2.24 bits per heavy atom. The molecule has 1 spiro atoms. The molecule has 4 rings (SSSR count). The fraction of sp³-hybridized carbons (Fsp3) is 0.900. The lowest BCUT2D eigenvalue weighted by molar-refractivity contribution is -0.170. The molecule has 5 nitrogen and oxygen atoms in total. The van der Waals surface area contributed by atoms with Crippen LogP contribution in [0.2, 0.25) is 0 Å². The first kappa shape index (κ1) is 17.9. The van der Waals surface area contributed by atoms with E-state index in [0.29, 0.717) is 38.5 Å². The van der Waals surface area contributed by atoms with Crippen LogP contribution in [0.5, 0.6) is 0 Å². The second-order valence-electron chi connectivity index (χ2n) is 10.3. The normalized spacial score (nSPS) is 60.1. The molecule has 0 aliphatic heterocycles. The van der Waals surface area contributed by atoms with Crippen LogP contribution < -0.4 is 0 Å². The Kier molecular flexibility index (Phi) is 3.36. The van der Waals surface area contributed by atoms with Crippen molar-refractivity contribution in [1.29, 1.82) is 0 Å². The van der Waals surface area contributed by atoms with Crippen molar-refractivity contribution < 1.29 is 25.5 Å². The SMILES string of the molecule is C=C1[C@@H]2CC[C@]3(O)C[C@@]2(C[C@@H](O)[C@@]2(O)[C@H]1C[C@H](O)C2(C)C)C[C@@]3(C)O. The average molecular weight is 352 g/mol. The smallest absolute Gasteiger partial charge is 0.105 e. The van der Waals surface area contributed by atoms with Gasteiger partial charge in [-0.25, -0.2) is 0 Å². The minimum Gasteiger partial charge on any atom is -0.392 e. The first-order valence-corrected chi connectivity index (χ1v) is 9.53. The fourth-order valence-electron chi connectivity index (χ4n) is 7.14. The highest BCUT2D eigenvalue weighted by Gasteiger charge is 2.72. The molecule has 0 aromatic rings. The zero-order valence-electron chi connectivity index (χ0n) is 15.5. The van der Waals surface area contributed by atoms with Crippen LogP contribution in [0.3, 0.4) is 0 Å². The van der Waals surface area contributed by atoms with Crippen LogP contribution in [0.1, 0.15) is 59.3 Å². The average Bonchev–Trinajstić information content (AvgIpc) is 2.73. The van der Waals surface area contributed by atoms with Crippen LogP contribution in [-0.4, -0.2) is 54.5 Å². The van der Waals surface area contributed by atoms with Crippen LogP contribution in [0.15, 0.2) is 12.2 Å². The van der Waals surface area contributed by atoms with Crippen molar-refractivity contribution in [2.45, 2.75) is 88.3 Å². The van der Waals surface area contributed by atoms with Gasteiger partial charge < -0.3 is 25.5 Å². The molecule has 4 aliphatic rings. The van der Waals surface area contributed by atoms with E-state index in [2.05, 4.69) is 6.58 Å². The van der Waals surface area contributed by atoms with Gasteiger partial charge in [-0.15, -0.1) is 0 Å². The summed E-state index contributed by atoms with van der Waals surface area (Å²) < 4.78 is 0. The number of fused-ring (bicyclic) bond motifs is 2. The highest BCUT2D eigenvalue weighted by atomic mass is 16.4. The maximum absolute atomic E-state index is 11.6. The third-order valence-electron chi connectivity index (χ3n) is 8.79. The van der Waals surface area contributed by atoms with Crippen molar-refractivity contribution in [3.63, 3.8) is 0 Å². The topological polar surface area (TPSA) is 101 Å². The number of rotatable bonds is 0. The van der Waals surface area contributed by atoms with Crippen LogP contribution in [0, 0.1) is 22.7 Å². The van der Waals surface area contributed by atoms with Gasteiger partial charge in [0.1, 0.15) is 5.60 Å². The summed E-state index contributed by atoms with van der Waals surface area (Å²) in [5.74, 6) is -0.329. The quantitative estimate of drug-likeness (QED) is 0.421. The van der Waals surface area contributed by atoms with Crippen LogP contribution >= 0.6 is 0 Å². The maximum atomic E-state index is 11.6. The molecule has 0 heterocycles. The van der Waals surface area contributed by atoms with Gasteiger partial charge >= 0.3 is 0 Å². The summed E-state index contributed by atoms with van der Waals surface area (Å²) in [6.45, 7) is 9.62. The Balaban J connectivity index is 1.83. The second-order valence-corrected chi connectivity index (χ2v) is 10.3. The maximum Gasteiger partial charge on any atom is 0.105 e. The molecule has 5 heteroatoms. The Morgan fingerprint density at radius 1 is 0.960 bits per heavy atom. The molecule has 0 aromatic carbocycles. The lowest BCUT2D eigenvalue weighted by Gasteiger charge is -2.45. The third-order valence-corrected chi connectivity index (χ3v) is 8.79. The molecule has 0 aromatic heterocycles. The molecule has 25 heavy (non-hydrogen) atoms. The second kappa shape index (κ2) is 4.68. The van der Waals surface area contributed by atoms with Gasteiger partial charge in [0, 0.05) is 11.3 Å². The summed E-state index contributed by atoms with van der Waals surface area (Å²) in [4.78, 5) is 0. The van der Waals surface area contributed by atoms with E-state index in [9.17, 15) is 25.5 Å². The standard InChI is InChI=1S/C20H32O5/c1-11-12-5-6-19(24)10-18(12,9-17(19,4)23)8-15(22)20(25)13(11)7-14(21)16(20,2)3/h12-15,21-25H,1,5-10H2,2-4H3/t12-,13-,14-,15+,17+,18+,19-,20-/m0/s1. The Bertz CT molecular complexity index is 624. The predicted octanol–water partition coefficient (Wildman–Crippen LogP) is 1.12. The molecule has 4 aliphatic carbocycles. The lowest BCUT2D eigenvalue weighted by Crippen LogP contribution is -2.56. The lowest BCUT2D eigenvalue weighted by atomic mass is 9.62. The van der Waals surface area contributed by atoms with Gasteiger partial charge in [0.05, 0.1) is 23.4 Å². The zero-order chi connectivity index (χ0) is 18.6. The molecule has 0 saturated heterocycles. The summed E-state index contributed by atoms with van der Waals surface area (Å²) in [6, 6.07) is 0. The Hall–Kier alpha value is -0.460. The molecule has 0 radical (unpaired) electrons. The molecular formula is C20H32O5. The van der Waals surface area contributed by atoms with E-state index in [1.54, 1.807) is 6.92 Å². The van der Waals surface area contributed by atoms with Gasteiger partial charge in [0.15, 0.2) is 0 Å². The van der Waals surface area contributed by atoms with Gasteiger partial charge in [-0.05, 0) is 56.8 Å². The largest absolute Gasteiger partial charge is 0.392 e. The van der Waals surface area contributed by atoms with Gasteiger partial charge in [0.25, 0.3) is 0 Å². The van der Waals surface area contributed by atoms with Crippen LogP contribution in [-0.2, 0) is 0 Å². The Morgan fingerprint density at radius 2 is 1.60 bits per heavy atom. The molecule has 0 unspecified atom stereocenters. The summed E-state index contributed by atoms with van der Waals surface area (Å²) in [5, 5.41) is 55.1. The van der Waals surface area contributed by atoms with Gasteiger partial charge in [-0.1, -0.05) is 26.0 Å². The molecule has 5 N–H and O–H groups in total. The van der Waals surface area contributed by atoms with Crippen molar-refractivity contribution >= 4 is 0 Å². The summed E-state index contributed by atoms with van der Waals surface area (Å²) >= 11 is 0. The first-order chi connectivity index (χ1) is 11.3. The van der Waals surface area contributed by atoms with Crippen molar-refractivity contribution in [2.24, 2.45) is 22.7 Å². The first-order valence-electron chi connectivity index (χ1n) is 9.53. The van der Waals surface area contributed by atoms with Gasteiger partial charge in [-0.3, -0.25) is 0 Å². The molecule has 4 fully saturated rings. The minimum absolute atomic E-state index is 0.0384. The molecule has 8 atom stereocenters. The predicted molar refractivity (Wildman–Crippen MR) is 92.6 cm³/mol. The summed E-state index contributed by atoms with van der Waals surface area (Å²) in [7, 11) is 0. The number of aliphatic hydroxyl groups is 5. The highest BCUT2D eigenvalue weighted by molar-refractivity contribution is 5.32. The van der Waals surface area contributed by atoms with Crippen molar-refractivity contribution in [3.05, 3.63) is 12.2 Å². The molecule has 4 saturated carbocycles. The van der Waals surface area contributed by atoms with Gasteiger partial charge in [-0.2, -0.15) is 0 Å². The Labute approximate surface area is 149 Å². The number of aliphatic hydroxyl groups excluding tert-OH is 2. The van der Waals surface area contributed by atoms with E-state index in [1.807, 2.05) is 13.8 Å². The van der Waals surface area contributed by atoms with Crippen molar-refractivity contribution in [1.82, 2.24) is 0 Å². The monoisotopic (exact) mass is 352 g/mol. The third kappa shape index (κ3) is 1.86. The molecule has 2 bridgehead atoms. The zero-order valence-corrected chi connectivity index (χ0v) is 15.5. The van der Waals surface area contributed by atoms with E-state index >= 15 is 0 Å². The van der Waals surface area contributed by atoms with Crippen molar-refractivity contribution in [3.8, 4) is 0 Å². The number of hydrogen-bond donors (Lipinski definition) is 5. The van der Waals surface area contributed by atoms with Gasteiger partial charge in [0.2, 0.25) is 0 Å². The summed E-state index contributed by atoms with van der Waals surface area (Å²) in [5.41, 5.74) is -4.19. The summed E-state index contributed by atoms with van der Waals surface area (Å²) in [6.07, 6.45) is 1.02. The van der Waals surface area contributed by atoms with E-state index < -0.39 is 39.8 Å². The van der Waals surface area contributed by atoms with E-state index in [4.69, 9.17) is 0 Å². The minimum atomic E-state index is -1.44. The molecule has 142 valence electrons. The highest BCUT2D eigenvalue weighted by Crippen LogP contribution is 2.69. The van der Waals surface area contributed by atoms with Crippen LogP contribution in [0.4, 0.5) is 0 Å². The number of hydrogen-bond acceptors (Lipinski definition) is 5. The molecule has 0 amide bonds. The van der Waals surface area contributed by atoms with Crippen LogP contribution in [0.25, 0.3) is 0 Å². The van der Waals surface area contributed by atoms with Crippen molar-refractivity contribution in [2.75, 3.05) is 0 Å². The fourth-order valence-corrected chi connectivity index (χ4v) is 7.14. The van der Waals surface area contributed by atoms with E-state index in [0.717, 1.165) is 5.57 Å². The van der Waals surface area contributed by atoms with E-state index in [1.165, 1.54) is 0 Å². The molecular weight excluding hydrogens is 320 g/mol. The van der Waals surface area contributed by atoms with E-state index in [-0.39, 0.29) is 11.8 Å².